The van der Waals surface area contributed by atoms with Crippen molar-refractivity contribution in [2.24, 2.45) is 0 Å². The number of halogens is 2. The van der Waals surface area contributed by atoms with Gasteiger partial charge in [-0.1, -0.05) is 0 Å². The van der Waals surface area contributed by atoms with Gasteiger partial charge in [0, 0.05) is 17.7 Å². The summed E-state index contributed by atoms with van der Waals surface area (Å²) >= 11 is 4.80. The molecule has 0 radical (unpaired) electrons. The zero-order valence-electron chi connectivity index (χ0n) is 12.8. The number of thiophene rings is 1. The second-order valence-corrected chi connectivity index (χ2v) is 8.46. The maximum Gasteiger partial charge on any atom is 0.261 e. The molecule has 0 saturated carbocycles. The zero-order valence-corrected chi connectivity index (χ0v) is 16.0. The number of nitrogens with two attached hydrogens (primary N) is 1. The molecule has 1 amide bonds. The molecule has 7 heteroatoms. The van der Waals surface area contributed by atoms with E-state index in [0.717, 1.165) is 15.1 Å². The summed E-state index contributed by atoms with van der Waals surface area (Å²) < 4.78 is 6.92. The van der Waals surface area contributed by atoms with Crippen molar-refractivity contribution in [3.05, 3.63) is 44.6 Å². The van der Waals surface area contributed by atoms with Crippen molar-refractivity contribution >= 4 is 51.3 Å². The van der Waals surface area contributed by atoms with E-state index in [1.165, 1.54) is 11.3 Å². The van der Waals surface area contributed by atoms with Gasteiger partial charge in [-0.05, 0) is 60.1 Å². The van der Waals surface area contributed by atoms with Crippen molar-refractivity contribution in [1.82, 2.24) is 5.32 Å². The van der Waals surface area contributed by atoms with Crippen LogP contribution in [0.5, 0.6) is 5.75 Å². The number of fused-ring (bicyclic) bond motifs is 1. The number of rotatable bonds is 2. The smallest absolute Gasteiger partial charge is 0.261 e. The Morgan fingerprint density at radius 3 is 2.78 bits per heavy atom. The van der Waals surface area contributed by atoms with Crippen LogP contribution in [-0.2, 0) is 0 Å². The van der Waals surface area contributed by atoms with Crippen molar-refractivity contribution < 1.29 is 9.53 Å². The van der Waals surface area contributed by atoms with E-state index in [2.05, 4.69) is 21.2 Å². The summed E-state index contributed by atoms with van der Waals surface area (Å²) in [6.45, 7) is 4.04. The Hall–Kier alpha value is -1.24. The maximum absolute atomic E-state index is 12.4. The molecule has 0 spiro atoms. The number of benzene rings is 1. The Labute approximate surface area is 153 Å². The number of anilines is 1. The van der Waals surface area contributed by atoms with Crippen molar-refractivity contribution in [3.63, 3.8) is 0 Å². The van der Waals surface area contributed by atoms with Crippen LogP contribution in [0.3, 0.4) is 0 Å². The predicted octanol–water partition coefficient (Wildman–Crippen LogP) is 4.55. The topological polar surface area (TPSA) is 64.4 Å². The average Bonchev–Trinajstić information content (AvgIpc) is 2.85. The highest BCUT2D eigenvalue weighted by atomic mass is 79.9. The van der Waals surface area contributed by atoms with Crippen LogP contribution in [0, 0.1) is 0 Å². The summed E-state index contributed by atoms with van der Waals surface area (Å²) in [7, 11) is 0. The summed E-state index contributed by atoms with van der Waals surface area (Å²) in [6, 6.07) is 9.13. The Morgan fingerprint density at radius 2 is 2.13 bits per heavy atom. The number of amides is 1. The zero-order chi connectivity index (χ0) is 15.9. The molecule has 1 unspecified atom stereocenters. The van der Waals surface area contributed by atoms with Crippen LogP contribution in [0.15, 0.2) is 34.1 Å². The summed E-state index contributed by atoms with van der Waals surface area (Å²) in [5.41, 5.74) is 7.15. The van der Waals surface area contributed by atoms with Crippen LogP contribution < -0.4 is 15.8 Å². The lowest BCUT2D eigenvalue weighted by Crippen LogP contribution is -2.41. The predicted molar refractivity (Wildman–Crippen MR) is 99.7 cm³/mol. The fourth-order valence-corrected chi connectivity index (χ4v) is 3.96. The van der Waals surface area contributed by atoms with Gasteiger partial charge in [-0.2, -0.15) is 0 Å². The number of nitrogen functional groups attached to an aromatic ring is 1. The molecule has 1 aliphatic rings. The molecule has 0 saturated heterocycles. The van der Waals surface area contributed by atoms with Crippen molar-refractivity contribution in [3.8, 4) is 5.75 Å². The van der Waals surface area contributed by atoms with Gasteiger partial charge in [-0.15, -0.1) is 23.7 Å². The lowest BCUT2D eigenvalue weighted by molar-refractivity contribution is 0.0621. The Balaban J connectivity index is 0.00000192. The fraction of sp³-hybridized carbons (Fsp3) is 0.312. The van der Waals surface area contributed by atoms with Gasteiger partial charge in [0.1, 0.15) is 11.4 Å². The molecule has 1 aromatic carbocycles. The highest BCUT2D eigenvalue weighted by Gasteiger charge is 2.34. The van der Waals surface area contributed by atoms with E-state index in [1.807, 2.05) is 44.2 Å². The highest BCUT2D eigenvalue weighted by molar-refractivity contribution is 9.11. The minimum absolute atomic E-state index is 0. The Kier molecular flexibility index (Phi) is 5.28. The summed E-state index contributed by atoms with van der Waals surface area (Å²) in [6.07, 6.45) is 0.696. The number of hydrogen-bond donors (Lipinski definition) is 2. The van der Waals surface area contributed by atoms with Gasteiger partial charge >= 0.3 is 0 Å². The first-order valence-electron chi connectivity index (χ1n) is 6.99. The summed E-state index contributed by atoms with van der Waals surface area (Å²) in [5, 5.41) is 3.10. The molecular formula is C16H18BrClN2O2S. The molecule has 0 aliphatic carbocycles. The van der Waals surface area contributed by atoms with Crippen molar-refractivity contribution in [2.75, 3.05) is 5.73 Å². The van der Waals surface area contributed by atoms with E-state index in [0.29, 0.717) is 17.0 Å². The first-order valence-corrected chi connectivity index (χ1v) is 8.60. The van der Waals surface area contributed by atoms with Gasteiger partial charge in [0.2, 0.25) is 0 Å². The Morgan fingerprint density at radius 1 is 1.39 bits per heavy atom. The average molecular weight is 418 g/mol. The molecule has 3 rings (SSSR count). The van der Waals surface area contributed by atoms with Crippen LogP contribution in [-0.4, -0.2) is 11.5 Å². The van der Waals surface area contributed by atoms with E-state index in [-0.39, 0.29) is 30.0 Å². The van der Waals surface area contributed by atoms with Gasteiger partial charge in [-0.25, -0.2) is 0 Å². The summed E-state index contributed by atoms with van der Waals surface area (Å²) in [5.74, 6) is 0.704. The fourth-order valence-electron chi connectivity index (χ4n) is 2.67. The molecule has 1 aromatic heterocycles. The van der Waals surface area contributed by atoms with Gasteiger partial charge < -0.3 is 15.8 Å². The largest absolute Gasteiger partial charge is 0.487 e. The van der Waals surface area contributed by atoms with Crippen LogP contribution in [0.4, 0.5) is 5.69 Å². The standard InChI is InChI=1S/C16H17BrN2O2S.ClH/c1-16(2)8-11(10-7-9(18)3-4-12(10)21-16)19-15(20)13-5-6-14(17)22-13;/h3-7,11H,8,18H2,1-2H3,(H,19,20);1H. The molecule has 1 aliphatic heterocycles. The summed E-state index contributed by atoms with van der Waals surface area (Å²) in [4.78, 5) is 13.1. The van der Waals surface area contributed by atoms with E-state index in [1.54, 1.807) is 0 Å². The SMILES string of the molecule is CC1(C)CC(NC(=O)c2ccc(Br)s2)c2cc(N)ccc2O1.Cl. The number of ether oxygens (including phenoxy) is 1. The minimum Gasteiger partial charge on any atom is -0.487 e. The molecule has 3 N–H and O–H groups in total. The molecule has 4 nitrogen and oxygen atoms in total. The maximum atomic E-state index is 12.4. The van der Waals surface area contributed by atoms with Crippen molar-refractivity contribution in [1.29, 1.82) is 0 Å². The highest BCUT2D eigenvalue weighted by Crippen LogP contribution is 2.40. The first kappa shape index (κ1) is 18.1. The number of nitrogens with one attached hydrogen (secondary N) is 1. The second-order valence-electron chi connectivity index (χ2n) is 5.99. The monoisotopic (exact) mass is 416 g/mol. The third-order valence-electron chi connectivity index (χ3n) is 3.59. The third-order valence-corrected chi connectivity index (χ3v) is 5.22. The van der Waals surface area contributed by atoms with Gasteiger partial charge in [0.25, 0.3) is 5.91 Å². The van der Waals surface area contributed by atoms with Crippen molar-refractivity contribution in [2.45, 2.75) is 31.9 Å². The van der Waals surface area contributed by atoms with Crippen LogP contribution in [0.25, 0.3) is 0 Å². The molecule has 0 fully saturated rings. The second kappa shape index (κ2) is 6.71. The minimum atomic E-state index is -0.336. The lowest BCUT2D eigenvalue weighted by atomic mass is 9.89. The molecule has 23 heavy (non-hydrogen) atoms. The van der Waals surface area contributed by atoms with E-state index < -0.39 is 0 Å². The van der Waals surface area contributed by atoms with E-state index in [9.17, 15) is 4.79 Å². The van der Waals surface area contributed by atoms with Gasteiger partial charge in [-0.3, -0.25) is 4.79 Å². The number of carbonyl (C=O) groups is 1. The van der Waals surface area contributed by atoms with Gasteiger partial charge in [0.05, 0.1) is 14.7 Å². The number of hydrogen-bond acceptors (Lipinski definition) is 4. The quantitative estimate of drug-likeness (QED) is 0.705. The molecular weight excluding hydrogens is 400 g/mol. The molecule has 0 bridgehead atoms. The van der Waals surface area contributed by atoms with Crippen LogP contribution in [0.2, 0.25) is 0 Å². The number of carbonyl (C=O) groups excluding carboxylic acids is 1. The van der Waals surface area contributed by atoms with Crippen LogP contribution in [0.1, 0.15) is 41.5 Å². The lowest BCUT2D eigenvalue weighted by Gasteiger charge is -2.38. The van der Waals surface area contributed by atoms with E-state index >= 15 is 0 Å². The molecule has 124 valence electrons. The molecule has 2 aromatic rings. The van der Waals surface area contributed by atoms with Gasteiger partial charge in [0.15, 0.2) is 0 Å². The van der Waals surface area contributed by atoms with E-state index in [4.69, 9.17) is 10.5 Å². The molecule has 1 atom stereocenters. The van der Waals surface area contributed by atoms with Crippen LogP contribution >= 0.6 is 39.7 Å². The normalized spacial score (nSPS) is 18.3. The first-order chi connectivity index (χ1) is 10.3. The molecule has 2 heterocycles. The third kappa shape index (κ3) is 4.00. The Bertz CT molecular complexity index is 733.